The summed E-state index contributed by atoms with van der Waals surface area (Å²) >= 11 is 3.41. The lowest BCUT2D eigenvalue weighted by molar-refractivity contribution is -0.117. The van der Waals surface area contributed by atoms with Crippen LogP contribution in [0, 0.1) is 0 Å². The van der Waals surface area contributed by atoms with E-state index in [2.05, 4.69) is 15.9 Å². The van der Waals surface area contributed by atoms with Crippen molar-refractivity contribution in [3.63, 3.8) is 0 Å². The Morgan fingerprint density at radius 2 is 1.53 bits per heavy atom. The molecule has 17 heavy (non-hydrogen) atoms. The molecule has 2 aromatic rings. The molecule has 0 saturated heterocycles. The molecule has 2 rings (SSSR count). The van der Waals surface area contributed by atoms with Gasteiger partial charge in [-0.05, 0) is 23.3 Å². The van der Waals surface area contributed by atoms with Gasteiger partial charge in [-0.2, -0.15) is 0 Å². The van der Waals surface area contributed by atoms with Gasteiger partial charge in [0, 0.05) is 17.3 Å². The third-order valence-electron chi connectivity index (χ3n) is 2.53. The molecule has 0 spiro atoms. The van der Waals surface area contributed by atoms with Gasteiger partial charge in [0.05, 0.1) is 0 Å². The molecule has 0 bridgehead atoms. The summed E-state index contributed by atoms with van der Waals surface area (Å²) in [5, 5.41) is 0. The maximum absolute atomic E-state index is 11.9. The highest BCUT2D eigenvalue weighted by Gasteiger charge is 2.05. The van der Waals surface area contributed by atoms with Crippen molar-refractivity contribution in [2.24, 2.45) is 0 Å². The van der Waals surface area contributed by atoms with E-state index in [0.29, 0.717) is 12.8 Å². The van der Waals surface area contributed by atoms with Crippen molar-refractivity contribution in [1.29, 1.82) is 0 Å². The summed E-state index contributed by atoms with van der Waals surface area (Å²) in [6.07, 6.45) is 1.00. The maximum Gasteiger partial charge on any atom is 0.141 e. The molecule has 0 fully saturated rings. The molecule has 0 saturated carbocycles. The minimum Gasteiger partial charge on any atom is -0.299 e. The first kappa shape index (κ1) is 12.1. The van der Waals surface area contributed by atoms with Crippen LogP contribution in [-0.4, -0.2) is 5.78 Å². The van der Waals surface area contributed by atoms with Crippen molar-refractivity contribution in [1.82, 2.24) is 0 Å². The molecular weight excluding hydrogens is 276 g/mol. The number of carbonyl (C=O) groups is 1. The van der Waals surface area contributed by atoms with Gasteiger partial charge in [0.25, 0.3) is 0 Å². The summed E-state index contributed by atoms with van der Waals surface area (Å²) in [6.45, 7) is 0. The van der Waals surface area contributed by atoms with Crippen molar-refractivity contribution in [3.05, 3.63) is 70.2 Å². The van der Waals surface area contributed by atoms with Gasteiger partial charge >= 0.3 is 0 Å². The fraction of sp³-hybridized carbons (Fsp3) is 0.133. The number of Topliss-reactive ketones (excluding diaryl/α,β-unsaturated/α-hetero) is 1. The molecule has 0 N–H and O–H groups in total. The third-order valence-corrected chi connectivity index (χ3v) is 3.03. The molecule has 2 aromatic carbocycles. The Morgan fingerprint density at radius 1 is 0.882 bits per heavy atom. The first-order chi connectivity index (χ1) is 8.24. The molecule has 0 heterocycles. The molecule has 0 aliphatic heterocycles. The monoisotopic (exact) mass is 288 g/mol. The van der Waals surface area contributed by atoms with E-state index in [1.807, 2.05) is 54.6 Å². The molecule has 0 aliphatic carbocycles. The van der Waals surface area contributed by atoms with E-state index in [0.717, 1.165) is 15.6 Å². The van der Waals surface area contributed by atoms with Crippen LogP contribution in [0.25, 0.3) is 0 Å². The highest BCUT2D eigenvalue weighted by Crippen LogP contribution is 2.13. The second kappa shape index (κ2) is 5.78. The zero-order chi connectivity index (χ0) is 12.1. The minimum atomic E-state index is 0.245. The smallest absolute Gasteiger partial charge is 0.141 e. The Bertz CT molecular complexity index is 505. The Labute approximate surface area is 110 Å². The van der Waals surface area contributed by atoms with Crippen LogP contribution in [0.1, 0.15) is 11.1 Å². The van der Waals surface area contributed by atoms with Crippen molar-refractivity contribution >= 4 is 21.7 Å². The molecule has 0 unspecified atom stereocenters. The number of benzene rings is 2. The Morgan fingerprint density at radius 3 is 2.24 bits per heavy atom. The second-order valence-corrected chi connectivity index (χ2v) is 4.92. The van der Waals surface area contributed by atoms with Gasteiger partial charge in [0.15, 0.2) is 0 Å². The molecule has 86 valence electrons. The molecule has 0 aliphatic rings. The van der Waals surface area contributed by atoms with Gasteiger partial charge in [-0.25, -0.2) is 0 Å². The van der Waals surface area contributed by atoms with Crippen molar-refractivity contribution in [2.45, 2.75) is 12.8 Å². The van der Waals surface area contributed by atoms with Crippen LogP contribution in [0.4, 0.5) is 0 Å². The summed E-state index contributed by atoms with van der Waals surface area (Å²) in [6, 6.07) is 17.7. The minimum absolute atomic E-state index is 0.245. The highest BCUT2D eigenvalue weighted by atomic mass is 79.9. The normalized spacial score (nSPS) is 10.2. The number of carbonyl (C=O) groups excluding carboxylic acids is 1. The zero-order valence-corrected chi connectivity index (χ0v) is 11.0. The van der Waals surface area contributed by atoms with Gasteiger partial charge in [-0.3, -0.25) is 4.79 Å². The van der Waals surface area contributed by atoms with E-state index in [1.54, 1.807) is 0 Å². The lowest BCUT2D eigenvalue weighted by atomic mass is 10.0. The molecule has 0 amide bonds. The van der Waals surface area contributed by atoms with E-state index in [4.69, 9.17) is 0 Å². The average Bonchev–Trinajstić information content (AvgIpc) is 2.30. The van der Waals surface area contributed by atoms with Gasteiger partial charge in [0.2, 0.25) is 0 Å². The summed E-state index contributed by atoms with van der Waals surface area (Å²) in [5.74, 6) is 0.245. The van der Waals surface area contributed by atoms with Crippen molar-refractivity contribution in [2.75, 3.05) is 0 Å². The zero-order valence-electron chi connectivity index (χ0n) is 9.40. The van der Waals surface area contributed by atoms with Gasteiger partial charge < -0.3 is 0 Å². The fourth-order valence-corrected chi connectivity index (χ4v) is 2.21. The predicted octanol–water partition coefficient (Wildman–Crippen LogP) is 3.80. The van der Waals surface area contributed by atoms with Gasteiger partial charge in [-0.15, -0.1) is 0 Å². The standard InChI is InChI=1S/C15H13BrO/c16-14-8-4-7-13(9-14)11-15(17)10-12-5-2-1-3-6-12/h1-9H,10-11H2. The Kier molecular flexibility index (Phi) is 4.10. The Hall–Kier alpha value is -1.41. The van der Waals surface area contributed by atoms with Crippen molar-refractivity contribution < 1.29 is 4.79 Å². The predicted molar refractivity (Wildman–Crippen MR) is 73.0 cm³/mol. The summed E-state index contributed by atoms with van der Waals surface area (Å²) in [7, 11) is 0. The third kappa shape index (κ3) is 3.82. The maximum atomic E-state index is 11.9. The van der Waals surface area contributed by atoms with Crippen molar-refractivity contribution in [3.8, 4) is 0 Å². The molecule has 0 atom stereocenters. The lowest BCUT2D eigenvalue weighted by Gasteiger charge is -2.02. The summed E-state index contributed by atoms with van der Waals surface area (Å²) in [5.41, 5.74) is 2.13. The van der Waals surface area contributed by atoms with E-state index >= 15 is 0 Å². The average molecular weight is 289 g/mol. The second-order valence-electron chi connectivity index (χ2n) is 4.01. The van der Waals surface area contributed by atoms with Gasteiger partial charge in [-0.1, -0.05) is 58.4 Å². The molecule has 2 heteroatoms. The van der Waals surface area contributed by atoms with E-state index < -0.39 is 0 Å². The quantitative estimate of drug-likeness (QED) is 0.836. The number of hydrogen-bond donors (Lipinski definition) is 0. The molecule has 1 nitrogen and oxygen atoms in total. The van der Waals surface area contributed by atoms with Crippen LogP contribution >= 0.6 is 15.9 Å². The highest BCUT2D eigenvalue weighted by molar-refractivity contribution is 9.10. The molecule has 0 radical (unpaired) electrons. The van der Waals surface area contributed by atoms with Crippen LogP contribution in [0.2, 0.25) is 0 Å². The van der Waals surface area contributed by atoms with E-state index in [9.17, 15) is 4.79 Å². The first-order valence-electron chi connectivity index (χ1n) is 5.54. The Balaban J connectivity index is 1.98. The number of hydrogen-bond acceptors (Lipinski definition) is 1. The van der Waals surface area contributed by atoms with Crippen LogP contribution in [0.5, 0.6) is 0 Å². The molecular formula is C15H13BrO. The number of halogens is 1. The van der Waals surface area contributed by atoms with Crippen LogP contribution in [0.3, 0.4) is 0 Å². The van der Waals surface area contributed by atoms with Crippen LogP contribution < -0.4 is 0 Å². The number of rotatable bonds is 4. The largest absolute Gasteiger partial charge is 0.299 e. The summed E-state index contributed by atoms with van der Waals surface area (Å²) in [4.78, 5) is 11.9. The van der Waals surface area contributed by atoms with Crippen LogP contribution in [-0.2, 0) is 17.6 Å². The lowest BCUT2D eigenvalue weighted by Crippen LogP contribution is -2.06. The SMILES string of the molecule is O=C(Cc1ccccc1)Cc1cccc(Br)c1. The topological polar surface area (TPSA) is 17.1 Å². The molecule has 0 aromatic heterocycles. The van der Waals surface area contributed by atoms with E-state index in [-0.39, 0.29) is 5.78 Å². The number of ketones is 1. The van der Waals surface area contributed by atoms with Gasteiger partial charge in [0.1, 0.15) is 5.78 Å². The fourth-order valence-electron chi connectivity index (χ4n) is 1.76. The van der Waals surface area contributed by atoms with Crippen LogP contribution in [0.15, 0.2) is 59.1 Å². The summed E-state index contributed by atoms with van der Waals surface area (Å²) < 4.78 is 1.02. The first-order valence-corrected chi connectivity index (χ1v) is 6.33. The van der Waals surface area contributed by atoms with E-state index in [1.165, 1.54) is 0 Å².